The van der Waals surface area contributed by atoms with E-state index in [1.807, 2.05) is 0 Å². The molecule has 0 heterocycles. The van der Waals surface area contributed by atoms with Gasteiger partial charge in [0.25, 0.3) is 0 Å². The number of benzene rings is 2. The molecule has 9 nitrogen and oxygen atoms in total. The van der Waals surface area contributed by atoms with Crippen molar-refractivity contribution in [2.75, 3.05) is 23.8 Å². The highest BCUT2D eigenvalue weighted by atomic mass is 16.7. The van der Waals surface area contributed by atoms with Crippen LogP contribution in [0, 0.1) is 0 Å². The van der Waals surface area contributed by atoms with Crippen molar-refractivity contribution >= 4 is 29.7 Å². The second-order valence-electron chi connectivity index (χ2n) is 6.64. The Morgan fingerprint density at radius 3 is 1.47 bits per heavy atom. The van der Waals surface area contributed by atoms with Gasteiger partial charge in [0.05, 0.1) is 24.6 Å². The summed E-state index contributed by atoms with van der Waals surface area (Å²) < 4.78 is 20.6. The van der Waals surface area contributed by atoms with Crippen LogP contribution in [0.15, 0.2) is 48.5 Å². The predicted octanol–water partition coefficient (Wildman–Crippen LogP) is 5.80. The Bertz CT molecular complexity index is 859. The first kappa shape index (κ1) is 24.5. The van der Waals surface area contributed by atoms with Crippen molar-refractivity contribution in [2.45, 2.75) is 39.9 Å². The Labute approximate surface area is 187 Å². The van der Waals surface area contributed by atoms with Gasteiger partial charge in [0, 0.05) is 11.1 Å². The van der Waals surface area contributed by atoms with Crippen LogP contribution < -0.4 is 10.6 Å². The number of hydrogen-bond acceptors (Lipinski definition) is 7. The molecule has 0 aliphatic carbocycles. The summed E-state index contributed by atoms with van der Waals surface area (Å²) in [4.78, 5) is 35.9. The van der Waals surface area contributed by atoms with E-state index in [4.69, 9.17) is 18.9 Å². The summed E-state index contributed by atoms with van der Waals surface area (Å²) in [5, 5.41) is 5.25. The zero-order chi connectivity index (χ0) is 23.5. The van der Waals surface area contributed by atoms with Crippen LogP contribution in [0.3, 0.4) is 0 Å². The quantitative estimate of drug-likeness (QED) is 0.391. The largest absolute Gasteiger partial charge is 0.509 e. The van der Waals surface area contributed by atoms with Crippen LogP contribution in [-0.2, 0) is 18.9 Å². The van der Waals surface area contributed by atoms with Gasteiger partial charge in [-0.15, -0.1) is 0 Å². The Kier molecular flexibility index (Phi) is 9.34. The third-order valence-electron chi connectivity index (χ3n) is 4.37. The Morgan fingerprint density at radius 1 is 0.719 bits per heavy atom. The highest BCUT2D eigenvalue weighted by Crippen LogP contribution is 2.29. The lowest BCUT2D eigenvalue weighted by Crippen LogP contribution is -2.18. The van der Waals surface area contributed by atoms with Crippen molar-refractivity contribution in [3.8, 4) is 0 Å². The fraction of sp³-hybridized carbons (Fsp3) is 0.348. The minimum Gasteiger partial charge on any atom is -0.450 e. The van der Waals surface area contributed by atoms with E-state index in [2.05, 4.69) is 10.6 Å². The molecule has 0 saturated heterocycles. The minimum absolute atomic E-state index is 0.233. The molecule has 2 atom stereocenters. The van der Waals surface area contributed by atoms with E-state index in [1.54, 1.807) is 76.2 Å². The molecule has 2 aromatic rings. The van der Waals surface area contributed by atoms with Crippen LogP contribution in [0.1, 0.15) is 51.0 Å². The molecule has 0 fully saturated rings. The molecule has 172 valence electrons. The SMILES string of the molecule is CCOC(=O)Nc1ccccc1C(C)OC(=O)OC(C)c1ccccc1NC(=O)OCC. The van der Waals surface area contributed by atoms with Gasteiger partial charge in [-0.3, -0.25) is 10.6 Å². The zero-order valence-corrected chi connectivity index (χ0v) is 18.5. The van der Waals surface area contributed by atoms with E-state index < -0.39 is 30.5 Å². The first-order valence-electron chi connectivity index (χ1n) is 10.3. The molecule has 0 radical (unpaired) electrons. The standard InChI is InChI=1S/C23H28N2O7/c1-5-29-21(26)24-19-13-9-7-11-17(19)15(3)31-23(28)32-16(4)18-12-8-10-14-20(18)25-22(27)30-6-2/h7-16H,5-6H2,1-4H3,(H,24,26)(H,25,27). The van der Waals surface area contributed by atoms with Gasteiger partial charge in [-0.25, -0.2) is 14.4 Å². The number of amides is 2. The summed E-state index contributed by atoms with van der Waals surface area (Å²) >= 11 is 0. The molecule has 2 rings (SSSR count). The van der Waals surface area contributed by atoms with Crippen molar-refractivity contribution in [1.82, 2.24) is 0 Å². The molecular formula is C23H28N2O7. The molecule has 32 heavy (non-hydrogen) atoms. The number of carbonyl (C=O) groups excluding carboxylic acids is 3. The van der Waals surface area contributed by atoms with E-state index in [-0.39, 0.29) is 13.2 Å². The molecule has 0 saturated carbocycles. The second-order valence-corrected chi connectivity index (χ2v) is 6.64. The molecule has 2 amide bonds. The maximum atomic E-state index is 12.4. The molecule has 0 spiro atoms. The summed E-state index contributed by atoms with van der Waals surface area (Å²) in [6, 6.07) is 13.8. The zero-order valence-electron chi connectivity index (χ0n) is 18.5. The van der Waals surface area contributed by atoms with Crippen molar-refractivity contribution in [1.29, 1.82) is 0 Å². The van der Waals surface area contributed by atoms with Crippen molar-refractivity contribution in [2.24, 2.45) is 0 Å². The van der Waals surface area contributed by atoms with E-state index in [0.717, 1.165) is 0 Å². The van der Waals surface area contributed by atoms with Crippen LogP contribution in [0.2, 0.25) is 0 Å². The third-order valence-corrected chi connectivity index (χ3v) is 4.37. The number of nitrogens with one attached hydrogen (secondary N) is 2. The number of hydrogen-bond donors (Lipinski definition) is 2. The fourth-order valence-corrected chi connectivity index (χ4v) is 2.93. The van der Waals surface area contributed by atoms with Crippen molar-refractivity contribution < 1.29 is 33.3 Å². The van der Waals surface area contributed by atoms with Gasteiger partial charge in [-0.05, 0) is 39.8 Å². The topological polar surface area (TPSA) is 112 Å². The number of anilines is 2. The minimum atomic E-state index is -0.901. The van der Waals surface area contributed by atoms with Crippen LogP contribution in [0.4, 0.5) is 25.8 Å². The maximum absolute atomic E-state index is 12.4. The number of ether oxygens (including phenoxy) is 4. The first-order valence-corrected chi connectivity index (χ1v) is 10.3. The first-order chi connectivity index (χ1) is 15.3. The highest BCUT2D eigenvalue weighted by molar-refractivity contribution is 5.86. The summed E-state index contributed by atoms with van der Waals surface area (Å²) in [6.07, 6.45) is -3.52. The number of carbonyl (C=O) groups is 3. The smallest absolute Gasteiger partial charge is 0.450 e. The monoisotopic (exact) mass is 444 g/mol. The van der Waals surface area contributed by atoms with Crippen molar-refractivity contribution in [3.63, 3.8) is 0 Å². The van der Waals surface area contributed by atoms with Gasteiger partial charge in [0.2, 0.25) is 0 Å². The molecule has 0 aromatic heterocycles. The normalized spacial score (nSPS) is 12.1. The molecule has 2 N–H and O–H groups in total. The molecular weight excluding hydrogens is 416 g/mol. The molecule has 9 heteroatoms. The Hall–Kier alpha value is -3.75. The Balaban J connectivity index is 2.04. The fourth-order valence-electron chi connectivity index (χ4n) is 2.93. The lowest BCUT2D eigenvalue weighted by molar-refractivity contribution is 0.00662. The van der Waals surface area contributed by atoms with E-state index in [1.165, 1.54) is 0 Å². The summed E-state index contributed by atoms with van der Waals surface area (Å²) in [5.74, 6) is 0. The average molecular weight is 444 g/mol. The van der Waals surface area contributed by atoms with Gasteiger partial charge < -0.3 is 18.9 Å². The van der Waals surface area contributed by atoms with E-state index >= 15 is 0 Å². The lowest BCUT2D eigenvalue weighted by atomic mass is 10.1. The molecule has 2 aromatic carbocycles. The molecule has 0 aliphatic rings. The van der Waals surface area contributed by atoms with E-state index in [9.17, 15) is 14.4 Å². The van der Waals surface area contributed by atoms with Gasteiger partial charge in [0.1, 0.15) is 12.2 Å². The highest BCUT2D eigenvalue weighted by Gasteiger charge is 2.21. The molecule has 0 aliphatic heterocycles. The number of para-hydroxylation sites is 2. The van der Waals surface area contributed by atoms with E-state index in [0.29, 0.717) is 22.5 Å². The van der Waals surface area contributed by atoms with Gasteiger partial charge in [-0.1, -0.05) is 36.4 Å². The van der Waals surface area contributed by atoms with Crippen molar-refractivity contribution in [3.05, 3.63) is 59.7 Å². The van der Waals surface area contributed by atoms with Crippen LogP contribution in [0.25, 0.3) is 0 Å². The number of rotatable bonds is 8. The van der Waals surface area contributed by atoms with Crippen LogP contribution >= 0.6 is 0 Å². The predicted molar refractivity (Wildman–Crippen MR) is 119 cm³/mol. The second kappa shape index (κ2) is 12.2. The summed E-state index contributed by atoms with van der Waals surface area (Å²) in [6.45, 7) is 7.19. The van der Waals surface area contributed by atoms with Gasteiger partial charge in [0.15, 0.2) is 0 Å². The summed E-state index contributed by atoms with van der Waals surface area (Å²) in [7, 11) is 0. The average Bonchev–Trinajstić information content (AvgIpc) is 2.74. The maximum Gasteiger partial charge on any atom is 0.509 e. The van der Waals surface area contributed by atoms with Gasteiger partial charge >= 0.3 is 18.3 Å². The van der Waals surface area contributed by atoms with Gasteiger partial charge in [-0.2, -0.15) is 0 Å². The molecule has 0 bridgehead atoms. The third kappa shape index (κ3) is 7.19. The molecule has 2 unspecified atom stereocenters. The van der Waals surface area contributed by atoms with Crippen LogP contribution in [0.5, 0.6) is 0 Å². The summed E-state index contributed by atoms with van der Waals surface area (Å²) in [5.41, 5.74) is 2.08. The van der Waals surface area contributed by atoms with Crippen LogP contribution in [-0.4, -0.2) is 31.6 Å². The lowest BCUT2D eigenvalue weighted by Gasteiger charge is -2.20. The Morgan fingerprint density at radius 2 is 1.09 bits per heavy atom.